The molecule has 1 fully saturated rings. The summed E-state index contributed by atoms with van der Waals surface area (Å²) in [4.78, 5) is 7.08. The molecule has 0 bridgehead atoms. The van der Waals surface area contributed by atoms with Gasteiger partial charge in [0, 0.05) is 19.6 Å². The summed E-state index contributed by atoms with van der Waals surface area (Å²) >= 11 is 0. The Balaban J connectivity index is 0.00000280. The van der Waals surface area contributed by atoms with E-state index in [1.165, 1.54) is 16.7 Å². The van der Waals surface area contributed by atoms with Gasteiger partial charge in [-0.05, 0) is 24.5 Å². The van der Waals surface area contributed by atoms with Crippen LogP contribution < -0.4 is 11.1 Å². The maximum Gasteiger partial charge on any atom is 0.188 e. The van der Waals surface area contributed by atoms with Gasteiger partial charge in [-0.15, -0.1) is 24.0 Å². The molecule has 152 valence electrons. The second-order valence-corrected chi connectivity index (χ2v) is 6.97. The number of hydrogen-bond acceptors (Lipinski definition) is 3. The van der Waals surface area contributed by atoms with Crippen LogP contribution in [-0.4, -0.2) is 50.3 Å². The normalized spacial score (nSPS) is 16.2. The van der Waals surface area contributed by atoms with Gasteiger partial charge in [-0.1, -0.05) is 60.2 Å². The zero-order valence-corrected chi connectivity index (χ0v) is 18.8. The van der Waals surface area contributed by atoms with Gasteiger partial charge < -0.3 is 15.8 Å². The van der Waals surface area contributed by atoms with Crippen LogP contribution in [0.5, 0.6) is 0 Å². The lowest BCUT2D eigenvalue weighted by Gasteiger charge is -2.34. The summed E-state index contributed by atoms with van der Waals surface area (Å²) in [6, 6.07) is 19.3. The molecular formula is C22H31IN4O. The smallest absolute Gasteiger partial charge is 0.188 e. The van der Waals surface area contributed by atoms with Crippen molar-refractivity contribution in [1.29, 1.82) is 0 Å². The molecule has 1 saturated heterocycles. The number of ether oxygens (including phenoxy) is 1. The van der Waals surface area contributed by atoms with E-state index >= 15 is 0 Å². The summed E-state index contributed by atoms with van der Waals surface area (Å²) in [5.41, 5.74) is 9.97. The zero-order valence-electron chi connectivity index (χ0n) is 16.5. The van der Waals surface area contributed by atoms with Crippen LogP contribution in [0.4, 0.5) is 0 Å². The zero-order chi connectivity index (χ0) is 18.9. The summed E-state index contributed by atoms with van der Waals surface area (Å²) in [5.74, 6) is 0.511. The highest BCUT2D eigenvalue weighted by atomic mass is 127. The Kier molecular flexibility index (Phi) is 9.73. The standard InChI is InChI=1S/C22H30N4O.HI/c1-18-6-5-9-20(16-18)21(26-12-14-27-15-13-26)17-25-22(23)24-11-10-19-7-3-2-4-8-19;/h2-9,16,21H,10-15,17H2,1H3,(H3,23,24,25);1H. The van der Waals surface area contributed by atoms with Crippen molar-refractivity contribution in [2.24, 2.45) is 10.7 Å². The molecule has 1 heterocycles. The van der Waals surface area contributed by atoms with Gasteiger partial charge >= 0.3 is 0 Å². The van der Waals surface area contributed by atoms with Crippen molar-refractivity contribution in [2.75, 3.05) is 39.4 Å². The van der Waals surface area contributed by atoms with Gasteiger partial charge in [-0.25, -0.2) is 0 Å². The molecule has 1 aliphatic heterocycles. The number of nitrogens with zero attached hydrogens (tertiary/aromatic N) is 2. The molecule has 3 rings (SSSR count). The van der Waals surface area contributed by atoms with E-state index in [0.29, 0.717) is 12.5 Å². The Morgan fingerprint density at radius 2 is 1.89 bits per heavy atom. The van der Waals surface area contributed by atoms with Crippen molar-refractivity contribution in [1.82, 2.24) is 10.2 Å². The minimum atomic E-state index is 0. The number of aliphatic imine (C=N–C) groups is 1. The summed E-state index contributed by atoms with van der Waals surface area (Å²) in [7, 11) is 0. The van der Waals surface area contributed by atoms with E-state index in [9.17, 15) is 0 Å². The first kappa shape index (κ1) is 22.6. The highest BCUT2D eigenvalue weighted by molar-refractivity contribution is 14.0. The minimum Gasteiger partial charge on any atom is -0.379 e. The van der Waals surface area contributed by atoms with Crippen LogP contribution >= 0.6 is 24.0 Å². The summed E-state index contributed by atoms with van der Waals surface area (Å²) in [6.07, 6.45) is 0.932. The monoisotopic (exact) mass is 494 g/mol. The molecule has 5 nitrogen and oxygen atoms in total. The molecular weight excluding hydrogens is 463 g/mol. The highest BCUT2D eigenvalue weighted by Gasteiger charge is 2.22. The number of benzene rings is 2. The van der Waals surface area contributed by atoms with Crippen LogP contribution in [0.2, 0.25) is 0 Å². The topological polar surface area (TPSA) is 62.9 Å². The molecule has 0 spiro atoms. The van der Waals surface area contributed by atoms with E-state index < -0.39 is 0 Å². The SMILES string of the molecule is Cc1cccc(C(CN=C(N)NCCc2ccccc2)N2CCOCC2)c1.I. The predicted molar refractivity (Wildman–Crippen MR) is 126 cm³/mol. The van der Waals surface area contributed by atoms with Crippen molar-refractivity contribution in [3.05, 3.63) is 71.3 Å². The summed E-state index contributed by atoms with van der Waals surface area (Å²) < 4.78 is 5.52. The molecule has 0 radical (unpaired) electrons. The Bertz CT molecular complexity index is 732. The largest absolute Gasteiger partial charge is 0.379 e. The van der Waals surface area contributed by atoms with Crippen LogP contribution in [0.25, 0.3) is 0 Å². The molecule has 1 aliphatic rings. The summed E-state index contributed by atoms with van der Waals surface area (Å²) in [6.45, 7) is 6.96. The lowest BCUT2D eigenvalue weighted by molar-refractivity contribution is 0.0180. The molecule has 2 aromatic carbocycles. The van der Waals surface area contributed by atoms with Crippen LogP contribution in [0.1, 0.15) is 22.7 Å². The predicted octanol–water partition coefficient (Wildman–Crippen LogP) is 3.13. The van der Waals surface area contributed by atoms with Crippen LogP contribution in [0, 0.1) is 6.92 Å². The molecule has 0 aliphatic carbocycles. The van der Waals surface area contributed by atoms with Gasteiger partial charge in [-0.2, -0.15) is 0 Å². The van der Waals surface area contributed by atoms with Gasteiger partial charge in [0.2, 0.25) is 0 Å². The first-order chi connectivity index (χ1) is 13.2. The molecule has 0 saturated carbocycles. The highest BCUT2D eigenvalue weighted by Crippen LogP contribution is 2.23. The number of halogens is 1. The lowest BCUT2D eigenvalue weighted by Crippen LogP contribution is -2.41. The van der Waals surface area contributed by atoms with Gasteiger partial charge in [-0.3, -0.25) is 9.89 Å². The number of hydrogen-bond donors (Lipinski definition) is 2. The second-order valence-electron chi connectivity index (χ2n) is 6.97. The number of rotatable bonds is 7. The molecule has 2 aromatic rings. The fourth-order valence-electron chi connectivity index (χ4n) is 3.42. The van der Waals surface area contributed by atoms with E-state index in [4.69, 9.17) is 10.5 Å². The van der Waals surface area contributed by atoms with Crippen molar-refractivity contribution in [3.63, 3.8) is 0 Å². The average molecular weight is 494 g/mol. The van der Waals surface area contributed by atoms with Crippen LogP contribution in [0.3, 0.4) is 0 Å². The van der Waals surface area contributed by atoms with E-state index in [1.54, 1.807) is 0 Å². The van der Waals surface area contributed by atoms with Crippen LogP contribution in [0.15, 0.2) is 59.6 Å². The van der Waals surface area contributed by atoms with Crippen LogP contribution in [-0.2, 0) is 11.2 Å². The third-order valence-corrected chi connectivity index (χ3v) is 4.91. The van der Waals surface area contributed by atoms with Crippen molar-refractivity contribution >= 4 is 29.9 Å². The van der Waals surface area contributed by atoms with E-state index in [1.807, 2.05) is 6.07 Å². The maximum atomic E-state index is 6.12. The fraction of sp³-hybridized carbons (Fsp3) is 0.409. The molecule has 6 heteroatoms. The van der Waals surface area contributed by atoms with Gasteiger partial charge in [0.05, 0.1) is 25.8 Å². The van der Waals surface area contributed by atoms with E-state index in [0.717, 1.165) is 39.3 Å². The van der Waals surface area contributed by atoms with E-state index in [-0.39, 0.29) is 30.0 Å². The van der Waals surface area contributed by atoms with E-state index in [2.05, 4.69) is 70.7 Å². The first-order valence-electron chi connectivity index (χ1n) is 9.68. The molecule has 0 aromatic heterocycles. The van der Waals surface area contributed by atoms with Crippen molar-refractivity contribution in [2.45, 2.75) is 19.4 Å². The summed E-state index contributed by atoms with van der Waals surface area (Å²) in [5, 5.41) is 3.24. The Hall–Kier alpha value is -1.64. The Labute approximate surface area is 185 Å². The number of guanidine groups is 1. The number of nitrogens with two attached hydrogens (primary N) is 1. The molecule has 3 N–H and O–H groups in total. The maximum absolute atomic E-state index is 6.12. The third kappa shape index (κ3) is 7.07. The Morgan fingerprint density at radius 1 is 1.14 bits per heavy atom. The van der Waals surface area contributed by atoms with Gasteiger partial charge in [0.15, 0.2) is 5.96 Å². The van der Waals surface area contributed by atoms with Crippen molar-refractivity contribution < 1.29 is 4.74 Å². The number of morpholine rings is 1. The second kappa shape index (κ2) is 12.0. The minimum absolute atomic E-state index is 0. The first-order valence-corrected chi connectivity index (χ1v) is 9.68. The number of nitrogens with one attached hydrogen (secondary N) is 1. The van der Waals surface area contributed by atoms with Gasteiger partial charge in [0.1, 0.15) is 0 Å². The average Bonchev–Trinajstić information content (AvgIpc) is 2.70. The quantitative estimate of drug-likeness (QED) is 0.353. The molecule has 1 unspecified atom stereocenters. The lowest BCUT2D eigenvalue weighted by atomic mass is 10.0. The van der Waals surface area contributed by atoms with Gasteiger partial charge in [0.25, 0.3) is 0 Å². The Morgan fingerprint density at radius 3 is 2.61 bits per heavy atom. The molecule has 0 amide bonds. The molecule has 1 atom stereocenters. The third-order valence-electron chi connectivity index (χ3n) is 4.91. The number of aryl methyl sites for hydroxylation is 1. The van der Waals surface area contributed by atoms with Crippen molar-refractivity contribution in [3.8, 4) is 0 Å². The fourth-order valence-corrected chi connectivity index (χ4v) is 3.42. The molecule has 28 heavy (non-hydrogen) atoms.